The van der Waals surface area contributed by atoms with Crippen LogP contribution in [0.2, 0.25) is 0 Å². The number of carbonyl (C=O) groups excluding carboxylic acids is 2. The average molecular weight is 364 g/mol. The van der Waals surface area contributed by atoms with Gasteiger partial charge < -0.3 is 9.30 Å². The lowest BCUT2D eigenvalue weighted by atomic mass is 10.2. The summed E-state index contributed by atoms with van der Waals surface area (Å²) in [5.41, 5.74) is 3.11. The molecule has 6 heteroatoms. The first-order chi connectivity index (χ1) is 12.6. The molecule has 0 atom stereocenters. The Morgan fingerprint density at radius 2 is 1.88 bits per heavy atom. The van der Waals surface area contributed by atoms with Gasteiger partial charge in [0.2, 0.25) is 0 Å². The highest BCUT2D eigenvalue weighted by atomic mass is 32.2. The third-order valence-corrected chi connectivity index (χ3v) is 5.07. The Hall–Kier alpha value is -2.99. The van der Waals surface area contributed by atoms with Crippen LogP contribution in [0.25, 0.3) is 17.0 Å². The van der Waals surface area contributed by atoms with Crippen molar-refractivity contribution in [3.63, 3.8) is 0 Å². The Morgan fingerprint density at radius 1 is 1.12 bits per heavy atom. The number of nitrogens with zero attached hydrogens (tertiary/aromatic N) is 1. The molecule has 0 bridgehead atoms. The highest BCUT2D eigenvalue weighted by Crippen LogP contribution is 2.26. The van der Waals surface area contributed by atoms with Gasteiger partial charge >= 0.3 is 0 Å². The third kappa shape index (κ3) is 3.23. The van der Waals surface area contributed by atoms with E-state index in [0.29, 0.717) is 11.5 Å². The molecular weight excluding hydrogens is 348 g/mol. The molecule has 4 rings (SSSR count). The minimum absolute atomic E-state index is 0.337. The Labute approximate surface area is 154 Å². The normalized spacial score (nSPS) is 15.7. The number of carbonyl (C=O) groups is 2. The summed E-state index contributed by atoms with van der Waals surface area (Å²) in [6.45, 7) is 0.471. The van der Waals surface area contributed by atoms with Crippen molar-refractivity contribution < 1.29 is 14.3 Å². The summed E-state index contributed by atoms with van der Waals surface area (Å²) in [4.78, 5) is 23.2. The summed E-state index contributed by atoms with van der Waals surface area (Å²) in [7, 11) is 2.03. The molecule has 0 spiro atoms. The van der Waals surface area contributed by atoms with Crippen LogP contribution in [0.1, 0.15) is 11.3 Å². The van der Waals surface area contributed by atoms with Gasteiger partial charge in [0, 0.05) is 12.6 Å². The van der Waals surface area contributed by atoms with E-state index in [9.17, 15) is 9.59 Å². The molecule has 1 N–H and O–H groups in total. The summed E-state index contributed by atoms with van der Waals surface area (Å²) in [5, 5.41) is 3.10. The van der Waals surface area contributed by atoms with E-state index >= 15 is 0 Å². The van der Waals surface area contributed by atoms with Crippen LogP contribution in [0.5, 0.6) is 5.75 Å². The summed E-state index contributed by atoms with van der Waals surface area (Å²) < 4.78 is 8.01. The van der Waals surface area contributed by atoms with Gasteiger partial charge in [0.1, 0.15) is 12.4 Å². The van der Waals surface area contributed by atoms with E-state index in [1.165, 1.54) is 10.9 Å². The number of nitrogens with one attached hydrogen (secondary N) is 1. The molecule has 1 aliphatic rings. The monoisotopic (exact) mass is 364 g/mol. The Kier molecular flexibility index (Phi) is 4.26. The van der Waals surface area contributed by atoms with Gasteiger partial charge in [0.25, 0.3) is 11.1 Å². The standard InChI is InChI=1S/C20H16N2O3S/c1-22-15(11-14-4-2-3-5-17(14)22)12-25-16-8-6-13(7-9-16)10-18-19(23)21-20(24)26-18/h2-11H,12H2,1H3,(H,21,23,24). The summed E-state index contributed by atoms with van der Waals surface area (Å²) in [6, 6.07) is 17.8. The molecule has 2 amide bonds. The average Bonchev–Trinajstić information content (AvgIpc) is 3.13. The van der Waals surface area contributed by atoms with Gasteiger partial charge in [-0.1, -0.05) is 30.3 Å². The number of benzene rings is 2. The van der Waals surface area contributed by atoms with Crippen LogP contribution in [0.15, 0.2) is 59.5 Å². The zero-order valence-corrected chi connectivity index (χ0v) is 14.9. The van der Waals surface area contributed by atoms with Crippen molar-refractivity contribution in [2.45, 2.75) is 6.61 Å². The number of aromatic nitrogens is 1. The fourth-order valence-corrected chi connectivity index (χ4v) is 3.56. The van der Waals surface area contributed by atoms with Gasteiger partial charge in [0.05, 0.1) is 10.6 Å². The van der Waals surface area contributed by atoms with Crippen molar-refractivity contribution >= 4 is 39.9 Å². The molecule has 3 aromatic rings. The second-order valence-electron chi connectivity index (χ2n) is 5.96. The van der Waals surface area contributed by atoms with Gasteiger partial charge in [-0.15, -0.1) is 0 Å². The number of amides is 2. The van der Waals surface area contributed by atoms with Crippen molar-refractivity contribution in [3.05, 3.63) is 70.8 Å². The van der Waals surface area contributed by atoms with Crippen molar-refractivity contribution in [1.82, 2.24) is 9.88 Å². The van der Waals surface area contributed by atoms with Crippen LogP contribution >= 0.6 is 11.8 Å². The van der Waals surface area contributed by atoms with Crippen LogP contribution in [0.4, 0.5) is 4.79 Å². The Balaban J connectivity index is 1.46. The van der Waals surface area contributed by atoms with E-state index in [1.807, 2.05) is 43.4 Å². The number of fused-ring (bicyclic) bond motifs is 1. The van der Waals surface area contributed by atoms with E-state index in [1.54, 1.807) is 6.08 Å². The number of imide groups is 1. The van der Waals surface area contributed by atoms with Crippen LogP contribution in [-0.4, -0.2) is 15.7 Å². The summed E-state index contributed by atoms with van der Waals surface area (Å²) >= 11 is 0.911. The predicted molar refractivity (Wildman–Crippen MR) is 103 cm³/mol. The summed E-state index contributed by atoms with van der Waals surface area (Å²) in [5.74, 6) is 0.396. The second kappa shape index (κ2) is 6.72. The lowest BCUT2D eigenvalue weighted by molar-refractivity contribution is -0.115. The van der Waals surface area contributed by atoms with Crippen LogP contribution in [0.3, 0.4) is 0 Å². The molecule has 130 valence electrons. The molecule has 2 heterocycles. The highest BCUT2D eigenvalue weighted by molar-refractivity contribution is 8.18. The van der Waals surface area contributed by atoms with E-state index in [0.717, 1.165) is 28.8 Å². The van der Waals surface area contributed by atoms with Crippen molar-refractivity contribution in [2.24, 2.45) is 7.05 Å². The molecule has 1 saturated heterocycles. The maximum atomic E-state index is 11.6. The SMILES string of the molecule is Cn1c(COc2ccc(C=C3SC(=O)NC3=O)cc2)cc2ccccc21. The van der Waals surface area contributed by atoms with E-state index in [4.69, 9.17) is 4.74 Å². The van der Waals surface area contributed by atoms with E-state index in [-0.39, 0.29) is 11.1 Å². The maximum Gasteiger partial charge on any atom is 0.290 e. The quantitative estimate of drug-likeness (QED) is 0.709. The fourth-order valence-electron chi connectivity index (χ4n) is 2.87. The molecule has 0 unspecified atom stereocenters. The van der Waals surface area contributed by atoms with Crippen LogP contribution in [-0.2, 0) is 18.4 Å². The molecule has 1 aromatic heterocycles. The van der Waals surface area contributed by atoms with Crippen LogP contribution < -0.4 is 10.1 Å². The Morgan fingerprint density at radius 3 is 2.58 bits per heavy atom. The molecule has 1 aliphatic heterocycles. The number of hydrogen-bond acceptors (Lipinski definition) is 4. The zero-order chi connectivity index (χ0) is 18.1. The number of para-hydroxylation sites is 1. The van der Waals surface area contributed by atoms with Gasteiger partial charge in [-0.2, -0.15) is 0 Å². The molecule has 0 saturated carbocycles. The maximum absolute atomic E-state index is 11.6. The highest BCUT2D eigenvalue weighted by Gasteiger charge is 2.24. The molecule has 1 fully saturated rings. The van der Waals surface area contributed by atoms with Crippen molar-refractivity contribution in [1.29, 1.82) is 0 Å². The first kappa shape index (κ1) is 16.5. The van der Waals surface area contributed by atoms with Gasteiger partial charge in [0.15, 0.2) is 0 Å². The van der Waals surface area contributed by atoms with Crippen LogP contribution in [0, 0.1) is 0 Å². The largest absolute Gasteiger partial charge is 0.487 e. The molecule has 0 radical (unpaired) electrons. The van der Waals surface area contributed by atoms with E-state index < -0.39 is 0 Å². The minimum Gasteiger partial charge on any atom is -0.487 e. The van der Waals surface area contributed by atoms with E-state index in [2.05, 4.69) is 28.1 Å². The third-order valence-electron chi connectivity index (χ3n) is 4.26. The first-order valence-corrected chi connectivity index (χ1v) is 8.93. The molecule has 0 aliphatic carbocycles. The number of thioether (sulfide) groups is 1. The Bertz CT molecular complexity index is 1030. The molecule has 2 aromatic carbocycles. The van der Waals surface area contributed by atoms with Crippen molar-refractivity contribution in [2.75, 3.05) is 0 Å². The minimum atomic E-state index is -0.351. The van der Waals surface area contributed by atoms with Gasteiger partial charge in [-0.05, 0) is 53.1 Å². The van der Waals surface area contributed by atoms with Gasteiger partial charge in [-0.25, -0.2) is 0 Å². The lowest BCUT2D eigenvalue weighted by Gasteiger charge is -2.08. The predicted octanol–water partition coefficient (Wildman–Crippen LogP) is 4.08. The number of aryl methyl sites for hydroxylation is 1. The number of hydrogen-bond donors (Lipinski definition) is 1. The first-order valence-electron chi connectivity index (χ1n) is 8.11. The molecule has 26 heavy (non-hydrogen) atoms. The lowest BCUT2D eigenvalue weighted by Crippen LogP contribution is -2.17. The second-order valence-corrected chi connectivity index (χ2v) is 6.98. The van der Waals surface area contributed by atoms with Gasteiger partial charge in [-0.3, -0.25) is 14.9 Å². The topological polar surface area (TPSA) is 60.3 Å². The number of ether oxygens (including phenoxy) is 1. The molecule has 5 nitrogen and oxygen atoms in total. The molecular formula is C20H16N2O3S. The zero-order valence-electron chi connectivity index (χ0n) is 14.1. The smallest absolute Gasteiger partial charge is 0.290 e. The summed E-state index contributed by atoms with van der Waals surface area (Å²) in [6.07, 6.45) is 1.69. The van der Waals surface area contributed by atoms with Crippen molar-refractivity contribution in [3.8, 4) is 5.75 Å². The fraction of sp³-hybridized carbons (Fsp3) is 0.100. The number of rotatable bonds is 4.